The molecule has 2 aromatic carbocycles. The van der Waals surface area contributed by atoms with E-state index in [1.165, 1.54) is 16.8 Å². The Kier molecular flexibility index (Phi) is 5.14. The van der Waals surface area contributed by atoms with E-state index in [2.05, 4.69) is 26.3 Å². The van der Waals surface area contributed by atoms with Crippen LogP contribution in [-0.4, -0.2) is 22.8 Å². The monoisotopic (exact) mass is 403 g/mol. The van der Waals surface area contributed by atoms with Gasteiger partial charge >= 0.3 is 0 Å². The van der Waals surface area contributed by atoms with Gasteiger partial charge in [-0.15, -0.1) is 0 Å². The molecule has 0 radical (unpaired) electrons. The van der Waals surface area contributed by atoms with Crippen LogP contribution in [0.1, 0.15) is 16.1 Å². The number of carbonyl (C=O) groups is 1. The molecule has 0 atom stereocenters. The maximum atomic E-state index is 13.0. The number of halogens is 2. The van der Waals surface area contributed by atoms with E-state index in [9.17, 15) is 9.18 Å². The molecule has 1 aromatic heterocycles. The Balaban J connectivity index is 1.66. The molecule has 3 rings (SSSR count). The minimum atomic E-state index is -0.320. The minimum absolute atomic E-state index is 0.284. The van der Waals surface area contributed by atoms with E-state index in [-0.39, 0.29) is 17.4 Å². The lowest BCUT2D eigenvalue weighted by Gasteiger charge is -2.07. The largest absolute Gasteiger partial charge is 0.496 e. The smallest absolute Gasteiger partial charge is 0.272 e. The van der Waals surface area contributed by atoms with Gasteiger partial charge in [0.05, 0.1) is 17.3 Å². The molecule has 3 aromatic rings. The lowest BCUT2D eigenvalue weighted by Crippen LogP contribution is -2.23. The summed E-state index contributed by atoms with van der Waals surface area (Å²) >= 11 is 3.41. The molecule has 1 heterocycles. The zero-order chi connectivity index (χ0) is 17.8. The van der Waals surface area contributed by atoms with E-state index in [1.807, 2.05) is 18.2 Å². The number of nitrogens with one attached hydrogen (secondary N) is 1. The van der Waals surface area contributed by atoms with Gasteiger partial charge in [-0.2, -0.15) is 5.10 Å². The Morgan fingerprint density at radius 3 is 2.68 bits per heavy atom. The first-order chi connectivity index (χ1) is 12.1. The van der Waals surface area contributed by atoms with Crippen molar-refractivity contribution < 1.29 is 13.9 Å². The number of hydrogen-bond donors (Lipinski definition) is 1. The molecule has 0 unspecified atom stereocenters. The van der Waals surface area contributed by atoms with Gasteiger partial charge in [0.1, 0.15) is 11.6 Å². The van der Waals surface area contributed by atoms with Gasteiger partial charge in [0.15, 0.2) is 5.69 Å². The van der Waals surface area contributed by atoms with Crippen LogP contribution in [0, 0.1) is 5.82 Å². The highest BCUT2D eigenvalue weighted by molar-refractivity contribution is 9.10. The van der Waals surface area contributed by atoms with Crippen LogP contribution in [0.5, 0.6) is 5.75 Å². The van der Waals surface area contributed by atoms with Crippen LogP contribution in [0.25, 0.3) is 5.69 Å². The number of aromatic nitrogens is 2. The highest BCUT2D eigenvalue weighted by Gasteiger charge is 2.10. The third kappa shape index (κ3) is 4.06. The number of amides is 1. The van der Waals surface area contributed by atoms with E-state index in [0.717, 1.165) is 15.8 Å². The second-order valence-electron chi connectivity index (χ2n) is 5.27. The molecule has 0 fully saturated rings. The zero-order valence-electron chi connectivity index (χ0n) is 13.4. The molecule has 0 bridgehead atoms. The van der Waals surface area contributed by atoms with Gasteiger partial charge in [-0.25, -0.2) is 9.07 Å². The number of methoxy groups -OCH3 is 1. The molecule has 1 amide bonds. The fraction of sp³-hybridized carbons (Fsp3) is 0.111. The summed E-state index contributed by atoms with van der Waals surface area (Å²) in [7, 11) is 1.60. The van der Waals surface area contributed by atoms with Crippen molar-refractivity contribution in [3.05, 3.63) is 76.3 Å². The van der Waals surface area contributed by atoms with Crippen molar-refractivity contribution in [3.8, 4) is 11.4 Å². The molecule has 25 heavy (non-hydrogen) atoms. The summed E-state index contributed by atoms with van der Waals surface area (Å²) in [6, 6.07) is 13.1. The molecular weight excluding hydrogens is 389 g/mol. The number of ether oxygens (including phenoxy) is 1. The summed E-state index contributed by atoms with van der Waals surface area (Å²) in [6.45, 7) is 0.366. The summed E-state index contributed by atoms with van der Waals surface area (Å²) in [4.78, 5) is 12.2. The molecule has 0 aliphatic rings. The first-order valence-corrected chi connectivity index (χ1v) is 8.28. The van der Waals surface area contributed by atoms with Crippen molar-refractivity contribution in [1.29, 1.82) is 0 Å². The molecule has 7 heteroatoms. The second kappa shape index (κ2) is 7.48. The Labute approximate surface area is 152 Å². The fourth-order valence-corrected chi connectivity index (χ4v) is 2.86. The van der Waals surface area contributed by atoms with Gasteiger partial charge in [-0.3, -0.25) is 4.79 Å². The van der Waals surface area contributed by atoms with Crippen LogP contribution < -0.4 is 10.1 Å². The molecule has 1 N–H and O–H groups in total. The first kappa shape index (κ1) is 17.2. The predicted molar refractivity (Wildman–Crippen MR) is 95.4 cm³/mol. The normalized spacial score (nSPS) is 10.5. The van der Waals surface area contributed by atoms with Crippen LogP contribution in [0.15, 0.2) is 59.2 Å². The van der Waals surface area contributed by atoms with E-state index in [1.54, 1.807) is 31.5 Å². The molecule has 128 valence electrons. The third-order valence-electron chi connectivity index (χ3n) is 3.58. The lowest BCUT2D eigenvalue weighted by molar-refractivity contribution is 0.0945. The van der Waals surface area contributed by atoms with Crippen molar-refractivity contribution in [3.63, 3.8) is 0 Å². The highest BCUT2D eigenvalue weighted by atomic mass is 79.9. The van der Waals surface area contributed by atoms with Crippen LogP contribution in [-0.2, 0) is 6.54 Å². The van der Waals surface area contributed by atoms with E-state index in [4.69, 9.17) is 4.74 Å². The number of nitrogens with zero attached hydrogens (tertiary/aromatic N) is 2. The van der Waals surface area contributed by atoms with Crippen LogP contribution >= 0.6 is 15.9 Å². The lowest BCUT2D eigenvalue weighted by atomic mass is 10.2. The van der Waals surface area contributed by atoms with E-state index in [0.29, 0.717) is 12.2 Å². The number of hydrogen-bond acceptors (Lipinski definition) is 3. The Morgan fingerprint density at radius 2 is 2.00 bits per heavy atom. The van der Waals surface area contributed by atoms with Gasteiger partial charge in [-0.05, 0) is 64.0 Å². The van der Waals surface area contributed by atoms with E-state index < -0.39 is 0 Å². The zero-order valence-corrected chi connectivity index (χ0v) is 15.0. The van der Waals surface area contributed by atoms with Crippen molar-refractivity contribution >= 4 is 21.8 Å². The Hall–Kier alpha value is -2.67. The average Bonchev–Trinajstić information content (AvgIpc) is 3.10. The molecule has 0 aliphatic heterocycles. The van der Waals surface area contributed by atoms with Gasteiger partial charge < -0.3 is 10.1 Å². The Bertz CT molecular complexity index is 894. The molecule has 0 saturated heterocycles. The van der Waals surface area contributed by atoms with Crippen molar-refractivity contribution in [1.82, 2.24) is 15.1 Å². The van der Waals surface area contributed by atoms with Gasteiger partial charge in [0.2, 0.25) is 0 Å². The maximum absolute atomic E-state index is 13.0. The minimum Gasteiger partial charge on any atom is -0.496 e. The van der Waals surface area contributed by atoms with E-state index >= 15 is 0 Å². The molecular formula is C18H15BrFN3O2. The third-order valence-corrected chi connectivity index (χ3v) is 4.20. The van der Waals surface area contributed by atoms with Crippen LogP contribution in [0.2, 0.25) is 0 Å². The summed E-state index contributed by atoms with van der Waals surface area (Å²) in [5.74, 6) is 0.125. The summed E-state index contributed by atoms with van der Waals surface area (Å²) in [6.07, 6.45) is 1.66. The fourth-order valence-electron chi connectivity index (χ4n) is 2.28. The van der Waals surface area contributed by atoms with Crippen molar-refractivity contribution in [2.75, 3.05) is 7.11 Å². The Morgan fingerprint density at radius 1 is 1.24 bits per heavy atom. The summed E-state index contributed by atoms with van der Waals surface area (Å²) < 4.78 is 20.5. The van der Waals surface area contributed by atoms with Crippen molar-refractivity contribution in [2.45, 2.75) is 6.54 Å². The predicted octanol–water partition coefficient (Wildman–Crippen LogP) is 3.71. The number of carbonyl (C=O) groups excluding carboxylic acids is 1. The van der Waals surface area contributed by atoms with Crippen molar-refractivity contribution in [2.24, 2.45) is 0 Å². The van der Waals surface area contributed by atoms with Gasteiger partial charge in [0.25, 0.3) is 5.91 Å². The quantitative estimate of drug-likeness (QED) is 0.706. The van der Waals surface area contributed by atoms with Gasteiger partial charge in [0, 0.05) is 12.7 Å². The average molecular weight is 404 g/mol. The molecule has 0 saturated carbocycles. The SMILES string of the molecule is COc1ccc(CNC(=O)c2ccn(-c3ccc(F)cc3)n2)cc1Br. The standard InChI is InChI=1S/C18H15BrFN3O2/c1-25-17-7-2-12(10-15(17)19)11-21-18(24)16-8-9-23(22-16)14-5-3-13(20)4-6-14/h2-10H,11H2,1H3,(H,21,24). The second-order valence-corrected chi connectivity index (χ2v) is 6.13. The summed E-state index contributed by atoms with van der Waals surface area (Å²) in [5, 5.41) is 7.04. The van der Waals surface area contributed by atoms with Crippen LogP contribution in [0.3, 0.4) is 0 Å². The van der Waals surface area contributed by atoms with Crippen LogP contribution in [0.4, 0.5) is 4.39 Å². The molecule has 0 spiro atoms. The highest BCUT2D eigenvalue weighted by Crippen LogP contribution is 2.25. The molecule has 5 nitrogen and oxygen atoms in total. The molecule has 0 aliphatic carbocycles. The topological polar surface area (TPSA) is 56.1 Å². The summed E-state index contributed by atoms with van der Waals surface area (Å²) in [5.41, 5.74) is 1.90. The van der Waals surface area contributed by atoms with Gasteiger partial charge in [-0.1, -0.05) is 6.07 Å². The number of benzene rings is 2. The maximum Gasteiger partial charge on any atom is 0.272 e. The first-order valence-electron chi connectivity index (χ1n) is 7.49. The number of rotatable bonds is 5.